The zero-order valence-electron chi connectivity index (χ0n) is 29.7. The van der Waals surface area contributed by atoms with E-state index in [1.807, 2.05) is 40.7 Å². The summed E-state index contributed by atoms with van der Waals surface area (Å²) in [7, 11) is 4.23. The van der Waals surface area contributed by atoms with Crippen molar-refractivity contribution in [3.8, 4) is 0 Å². The molecule has 250 valence electrons. The van der Waals surface area contributed by atoms with Crippen molar-refractivity contribution in [3.05, 3.63) is 48.0 Å². The number of hydrogen-bond acceptors (Lipinski definition) is 7. The maximum atomic E-state index is 14.3. The Labute approximate surface area is 267 Å². The van der Waals surface area contributed by atoms with Gasteiger partial charge in [-0.1, -0.05) is 85.7 Å². The molecule has 0 aliphatic heterocycles. The molecule has 1 aromatic carbocycles. The predicted molar refractivity (Wildman–Crippen MR) is 176 cm³/mol. The molecule has 0 aromatic heterocycles. The Morgan fingerprint density at radius 1 is 0.864 bits per heavy atom. The Morgan fingerprint density at radius 2 is 1.39 bits per heavy atom. The molecule has 44 heavy (non-hydrogen) atoms. The molecule has 1 aromatic rings. The van der Waals surface area contributed by atoms with Crippen LogP contribution in [0.2, 0.25) is 0 Å². The molecule has 0 saturated heterocycles. The van der Waals surface area contributed by atoms with E-state index in [9.17, 15) is 14.4 Å². The normalized spacial score (nSPS) is 35.0. The molecule has 0 heterocycles. The standard InChI is InChI=1S/C32H44O6.2C2H6.CH4O/c1-19(2)22-15-18-30(6)24-23(34)16-17-29(4,5)31(24,7)26(36-8)27(37-9)32(30,20(3)33)25(22)38-28(35)21-13-11-10-12-14-21;3*1-2/h10-14,22,24-27H,1,15-18H2,2-9H3;2*1-2H3;2H,1H3/t22-,24?,25+,26+,27-,30-,31+,32+;;;/m0.../s1. The third-order valence-corrected chi connectivity index (χ3v) is 11.0. The number of fused-ring (bicyclic) bond motifs is 3. The number of aliphatic hydroxyl groups is 1. The largest absolute Gasteiger partial charge is 0.457 e. The van der Waals surface area contributed by atoms with E-state index >= 15 is 0 Å². The summed E-state index contributed by atoms with van der Waals surface area (Å²) >= 11 is 0. The van der Waals surface area contributed by atoms with Gasteiger partial charge >= 0.3 is 5.97 Å². The van der Waals surface area contributed by atoms with Gasteiger partial charge in [0.2, 0.25) is 0 Å². The summed E-state index contributed by atoms with van der Waals surface area (Å²) in [6.45, 7) is 24.3. The van der Waals surface area contributed by atoms with Crippen LogP contribution in [0.5, 0.6) is 0 Å². The van der Waals surface area contributed by atoms with Crippen molar-refractivity contribution in [2.75, 3.05) is 21.3 Å². The van der Waals surface area contributed by atoms with Crippen LogP contribution < -0.4 is 0 Å². The van der Waals surface area contributed by atoms with Gasteiger partial charge in [0, 0.05) is 45.0 Å². The lowest BCUT2D eigenvalue weighted by atomic mass is 9.32. The van der Waals surface area contributed by atoms with E-state index in [1.165, 1.54) is 0 Å². The SMILES string of the molecule is C=C(C)[C@@H]1CC[C@@]2(C)C3C(=O)CCC(C)(C)[C@@]3(C)[C@H](OC)[C@H](OC)[C@@]2(C(C)=O)[C@@H]1OC(=O)c1ccccc1.CC.CC.CO. The minimum Gasteiger partial charge on any atom is -0.457 e. The lowest BCUT2D eigenvalue weighted by molar-refractivity contribution is -0.308. The molecule has 0 amide bonds. The molecular weight excluding hydrogens is 556 g/mol. The molecule has 0 radical (unpaired) electrons. The first-order valence-electron chi connectivity index (χ1n) is 16.2. The molecule has 0 spiro atoms. The van der Waals surface area contributed by atoms with Crippen LogP contribution in [0.3, 0.4) is 0 Å². The van der Waals surface area contributed by atoms with E-state index in [0.29, 0.717) is 24.8 Å². The second-order valence-corrected chi connectivity index (χ2v) is 12.9. The first-order chi connectivity index (χ1) is 20.8. The van der Waals surface area contributed by atoms with Gasteiger partial charge in [0.25, 0.3) is 0 Å². The van der Waals surface area contributed by atoms with Crippen LogP contribution in [0, 0.1) is 33.5 Å². The van der Waals surface area contributed by atoms with Crippen molar-refractivity contribution in [3.63, 3.8) is 0 Å². The number of rotatable bonds is 6. The maximum absolute atomic E-state index is 14.3. The van der Waals surface area contributed by atoms with Gasteiger partial charge in [-0.25, -0.2) is 4.79 Å². The summed E-state index contributed by atoms with van der Waals surface area (Å²) < 4.78 is 19.0. The number of esters is 1. The van der Waals surface area contributed by atoms with Crippen molar-refractivity contribution in [1.29, 1.82) is 0 Å². The van der Waals surface area contributed by atoms with Crippen molar-refractivity contribution >= 4 is 17.5 Å². The molecule has 1 unspecified atom stereocenters. The Hall–Kier alpha value is -2.35. The molecule has 7 heteroatoms. The molecule has 1 N–H and O–H groups in total. The fourth-order valence-electron chi connectivity index (χ4n) is 8.94. The topological polar surface area (TPSA) is 99.1 Å². The Balaban J connectivity index is 0.00000152. The molecule has 3 aliphatic rings. The summed E-state index contributed by atoms with van der Waals surface area (Å²) in [5, 5.41) is 7.00. The van der Waals surface area contributed by atoms with Crippen LogP contribution >= 0.6 is 0 Å². The molecule has 4 rings (SSSR count). The lowest BCUT2D eigenvalue weighted by Crippen LogP contribution is -2.80. The van der Waals surface area contributed by atoms with Gasteiger partial charge < -0.3 is 19.3 Å². The van der Waals surface area contributed by atoms with E-state index in [4.69, 9.17) is 19.3 Å². The Morgan fingerprint density at radius 3 is 1.84 bits per heavy atom. The fraction of sp³-hybridized carbons (Fsp3) is 0.703. The van der Waals surface area contributed by atoms with Crippen LogP contribution in [0.25, 0.3) is 0 Å². The van der Waals surface area contributed by atoms with Gasteiger partial charge in [-0.05, 0) is 56.1 Å². The smallest absolute Gasteiger partial charge is 0.338 e. The van der Waals surface area contributed by atoms with Crippen molar-refractivity contribution < 1.29 is 33.7 Å². The highest BCUT2D eigenvalue weighted by Gasteiger charge is 2.80. The van der Waals surface area contributed by atoms with Crippen LogP contribution in [0.4, 0.5) is 0 Å². The third-order valence-electron chi connectivity index (χ3n) is 11.0. The predicted octanol–water partition coefficient (Wildman–Crippen LogP) is 7.50. The van der Waals surface area contributed by atoms with Gasteiger partial charge in [0.05, 0.1) is 11.7 Å². The third kappa shape index (κ3) is 5.96. The molecular formula is C37H60O7. The average molecular weight is 617 g/mol. The number of hydrogen-bond donors (Lipinski definition) is 1. The Bertz CT molecular complexity index is 1130. The monoisotopic (exact) mass is 616 g/mol. The molecule has 3 aliphatic carbocycles. The van der Waals surface area contributed by atoms with Gasteiger partial charge in [0.15, 0.2) is 0 Å². The van der Waals surface area contributed by atoms with Crippen molar-refractivity contribution in [2.24, 2.45) is 33.5 Å². The number of ether oxygens (including phenoxy) is 3. The fourth-order valence-corrected chi connectivity index (χ4v) is 8.94. The van der Waals surface area contributed by atoms with Gasteiger partial charge in [-0.2, -0.15) is 0 Å². The average Bonchev–Trinajstić information content (AvgIpc) is 3.01. The number of carbonyl (C=O) groups excluding carboxylic acids is 3. The number of carbonyl (C=O) groups is 3. The quantitative estimate of drug-likeness (QED) is 0.261. The minimum absolute atomic E-state index is 0.149. The summed E-state index contributed by atoms with van der Waals surface area (Å²) in [4.78, 5) is 41.9. The van der Waals surface area contributed by atoms with Crippen LogP contribution in [-0.2, 0) is 23.8 Å². The number of Topliss-reactive ketones (excluding diaryl/α,β-unsaturated/α-hetero) is 2. The minimum atomic E-state index is -1.32. The highest BCUT2D eigenvalue weighted by molar-refractivity contribution is 5.92. The number of benzene rings is 1. The van der Waals surface area contributed by atoms with E-state index in [-0.39, 0.29) is 22.9 Å². The van der Waals surface area contributed by atoms with Crippen molar-refractivity contribution in [2.45, 2.75) is 113 Å². The molecule has 3 saturated carbocycles. The highest BCUT2D eigenvalue weighted by Crippen LogP contribution is 2.73. The lowest BCUT2D eigenvalue weighted by Gasteiger charge is -2.73. The van der Waals surface area contributed by atoms with Gasteiger partial charge in [0.1, 0.15) is 29.2 Å². The second-order valence-electron chi connectivity index (χ2n) is 12.9. The second kappa shape index (κ2) is 15.8. The van der Waals surface area contributed by atoms with Crippen molar-refractivity contribution in [1.82, 2.24) is 0 Å². The zero-order chi connectivity index (χ0) is 34.3. The molecule has 7 nitrogen and oxygen atoms in total. The van der Waals surface area contributed by atoms with E-state index in [0.717, 1.165) is 19.1 Å². The first kappa shape index (κ1) is 39.7. The molecule has 3 fully saturated rings. The summed E-state index contributed by atoms with van der Waals surface area (Å²) in [5.74, 6) is -1.24. The first-order valence-corrected chi connectivity index (χ1v) is 16.2. The molecule has 8 atom stereocenters. The highest BCUT2D eigenvalue weighted by atomic mass is 16.6. The summed E-state index contributed by atoms with van der Waals surface area (Å²) in [5.41, 5.74) is -1.75. The summed E-state index contributed by atoms with van der Waals surface area (Å²) in [6.07, 6.45) is 0.272. The van der Waals surface area contributed by atoms with E-state index in [2.05, 4.69) is 34.3 Å². The van der Waals surface area contributed by atoms with E-state index in [1.54, 1.807) is 45.4 Å². The Kier molecular flexibility index (Phi) is 14.2. The molecule has 0 bridgehead atoms. The van der Waals surface area contributed by atoms with Crippen LogP contribution in [0.15, 0.2) is 42.5 Å². The van der Waals surface area contributed by atoms with Crippen LogP contribution in [-0.4, -0.2) is 62.3 Å². The number of methoxy groups -OCH3 is 2. The van der Waals surface area contributed by atoms with Gasteiger partial charge in [-0.15, -0.1) is 0 Å². The van der Waals surface area contributed by atoms with Gasteiger partial charge in [-0.3, -0.25) is 9.59 Å². The zero-order valence-corrected chi connectivity index (χ0v) is 29.7. The van der Waals surface area contributed by atoms with Crippen LogP contribution in [0.1, 0.15) is 105 Å². The number of ketones is 2. The number of aliphatic hydroxyl groups excluding tert-OH is 1. The maximum Gasteiger partial charge on any atom is 0.338 e. The van der Waals surface area contributed by atoms with E-state index < -0.39 is 46.4 Å². The summed E-state index contributed by atoms with van der Waals surface area (Å²) in [6, 6.07) is 8.82.